The molecule has 0 bridgehead atoms. The lowest BCUT2D eigenvalue weighted by molar-refractivity contribution is -0.137. The zero-order valence-corrected chi connectivity index (χ0v) is 10.9. The van der Waals surface area contributed by atoms with Gasteiger partial charge in [-0.3, -0.25) is 9.78 Å². The summed E-state index contributed by atoms with van der Waals surface area (Å²) >= 11 is 0. The van der Waals surface area contributed by atoms with Crippen molar-refractivity contribution in [3.63, 3.8) is 0 Å². The Morgan fingerprint density at radius 2 is 2.22 bits per heavy atom. The SMILES string of the molecule is CC(CC(=O)O)NS(=O)(=O)CCc1ccccn1. The molecule has 0 amide bonds. The minimum atomic E-state index is -3.48. The molecule has 1 aromatic rings. The number of aryl methyl sites for hydroxylation is 1. The van der Waals surface area contributed by atoms with Crippen molar-refractivity contribution in [1.82, 2.24) is 9.71 Å². The molecule has 1 heterocycles. The van der Waals surface area contributed by atoms with Crippen molar-refractivity contribution in [2.75, 3.05) is 5.75 Å². The Bertz CT molecular complexity index is 487. The highest BCUT2D eigenvalue weighted by molar-refractivity contribution is 7.89. The first-order chi connectivity index (χ1) is 8.39. The molecule has 1 aromatic heterocycles. The average Bonchev–Trinajstić information content (AvgIpc) is 2.26. The van der Waals surface area contributed by atoms with Crippen LogP contribution in [-0.2, 0) is 21.2 Å². The Balaban J connectivity index is 2.47. The van der Waals surface area contributed by atoms with Crippen molar-refractivity contribution in [1.29, 1.82) is 0 Å². The summed E-state index contributed by atoms with van der Waals surface area (Å²) in [5, 5.41) is 8.54. The van der Waals surface area contributed by atoms with Crippen LogP contribution >= 0.6 is 0 Å². The van der Waals surface area contributed by atoms with Gasteiger partial charge in [-0.05, 0) is 19.1 Å². The van der Waals surface area contributed by atoms with Crippen LogP contribution in [0.25, 0.3) is 0 Å². The molecule has 0 aliphatic rings. The number of nitrogens with one attached hydrogen (secondary N) is 1. The fraction of sp³-hybridized carbons (Fsp3) is 0.455. The van der Waals surface area contributed by atoms with E-state index in [2.05, 4.69) is 9.71 Å². The average molecular weight is 272 g/mol. The lowest BCUT2D eigenvalue weighted by Gasteiger charge is -2.11. The second-order valence-corrected chi connectivity index (χ2v) is 5.88. The van der Waals surface area contributed by atoms with E-state index in [1.54, 1.807) is 24.4 Å². The maximum absolute atomic E-state index is 11.7. The molecular weight excluding hydrogens is 256 g/mol. The summed E-state index contributed by atoms with van der Waals surface area (Å²) in [5.41, 5.74) is 0.689. The Labute approximate surface area is 106 Å². The van der Waals surface area contributed by atoms with E-state index in [4.69, 9.17) is 5.11 Å². The quantitative estimate of drug-likeness (QED) is 0.749. The number of carbonyl (C=O) groups is 1. The highest BCUT2D eigenvalue weighted by atomic mass is 32.2. The van der Waals surface area contributed by atoms with Crippen molar-refractivity contribution in [3.8, 4) is 0 Å². The van der Waals surface area contributed by atoms with Gasteiger partial charge in [-0.15, -0.1) is 0 Å². The number of aromatic nitrogens is 1. The number of hydrogen-bond acceptors (Lipinski definition) is 4. The van der Waals surface area contributed by atoms with Gasteiger partial charge >= 0.3 is 5.97 Å². The fourth-order valence-corrected chi connectivity index (χ4v) is 2.75. The number of sulfonamides is 1. The Morgan fingerprint density at radius 1 is 1.50 bits per heavy atom. The van der Waals surface area contributed by atoms with Crippen LogP contribution in [0.5, 0.6) is 0 Å². The van der Waals surface area contributed by atoms with Gasteiger partial charge in [0.2, 0.25) is 10.0 Å². The number of carboxylic acids is 1. The van der Waals surface area contributed by atoms with E-state index in [9.17, 15) is 13.2 Å². The van der Waals surface area contributed by atoms with E-state index in [1.807, 2.05) is 0 Å². The summed E-state index contributed by atoms with van der Waals surface area (Å²) in [6, 6.07) is 4.67. The molecule has 6 nitrogen and oxygen atoms in total. The summed E-state index contributed by atoms with van der Waals surface area (Å²) in [6.07, 6.45) is 1.67. The third-order valence-electron chi connectivity index (χ3n) is 2.21. The van der Waals surface area contributed by atoms with Gasteiger partial charge in [0.25, 0.3) is 0 Å². The predicted octanol–water partition coefficient (Wildman–Crippen LogP) is 0.407. The Hall–Kier alpha value is -1.47. The summed E-state index contributed by atoms with van der Waals surface area (Å²) in [7, 11) is -3.48. The van der Waals surface area contributed by atoms with Gasteiger partial charge in [0.05, 0.1) is 12.2 Å². The van der Waals surface area contributed by atoms with Gasteiger partial charge < -0.3 is 5.11 Å². The van der Waals surface area contributed by atoms with E-state index < -0.39 is 22.0 Å². The minimum absolute atomic E-state index is 0.103. The van der Waals surface area contributed by atoms with E-state index in [0.717, 1.165) is 0 Å². The number of nitrogens with zero attached hydrogens (tertiary/aromatic N) is 1. The third kappa shape index (κ3) is 5.74. The van der Waals surface area contributed by atoms with Crippen molar-refractivity contribution in [2.45, 2.75) is 25.8 Å². The van der Waals surface area contributed by atoms with Crippen molar-refractivity contribution < 1.29 is 18.3 Å². The first-order valence-corrected chi connectivity index (χ1v) is 7.16. The standard InChI is InChI=1S/C11H16N2O4S/c1-9(8-11(14)15)13-18(16,17)7-5-10-4-2-3-6-12-10/h2-4,6,9,13H,5,7-8H2,1H3,(H,14,15). The van der Waals surface area contributed by atoms with E-state index in [-0.39, 0.29) is 12.2 Å². The molecule has 0 saturated carbocycles. The second kappa shape index (κ2) is 6.46. The smallest absolute Gasteiger partial charge is 0.304 e. The number of aliphatic carboxylic acids is 1. The molecule has 0 aliphatic carbocycles. The molecule has 0 saturated heterocycles. The maximum atomic E-state index is 11.7. The van der Waals surface area contributed by atoms with Crippen LogP contribution in [0, 0.1) is 0 Å². The van der Waals surface area contributed by atoms with Gasteiger partial charge in [0.1, 0.15) is 0 Å². The summed E-state index contributed by atoms with van der Waals surface area (Å²) < 4.78 is 25.6. The van der Waals surface area contributed by atoms with Gasteiger partial charge in [-0.2, -0.15) is 0 Å². The summed E-state index contributed by atoms with van der Waals surface area (Å²) in [5.74, 6) is -1.14. The van der Waals surface area contributed by atoms with Gasteiger partial charge in [-0.25, -0.2) is 13.1 Å². The van der Waals surface area contributed by atoms with Crippen molar-refractivity contribution in [2.24, 2.45) is 0 Å². The van der Waals surface area contributed by atoms with E-state index in [0.29, 0.717) is 12.1 Å². The molecule has 0 aliphatic heterocycles. The minimum Gasteiger partial charge on any atom is -0.481 e. The van der Waals surface area contributed by atoms with Crippen LogP contribution in [0.15, 0.2) is 24.4 Å². The van der Waals surface area contributed by atoms with Crippen molar-refractivity contribution in [3.05, 3.63) is 30.1 Å². The van der Waals surface area contributed by atoms with Crippen LogP contribution in [0.2, 0.25) is 0 Å². The molecule has 2 N–H and O–H groups in total. The highest BCUT2D eigenvalue weighted by Gasteiger charge is 2.16. The van der Waals surface area contributed by atoms with Crippen LogP contribution in [-0.4, -0.2) is 36.3 Å². The topological polar surface area (TPSA) is 96.4 Å². The molecule has 0 aromatic carbocycles. The molecule has 7 heteroatoms. The molecular formula is C11H16N2O4S. The first-order valence-electron chi connectivity index (χ1n) is 5.51. The van der Waals surface area contributed by atoms with Crippen LogP contribution in [0.4, 0.5) is 0 Å². The molecule has 100 valence electrons. The van der Waals surface area contributed by atoms with Crippen LogP contribution in [0.1, 0.15) is 19.0 Å². The number of pyridine rings is 1. The van der Waals surface area contributed by atoms with Gasteiger partial charge in [-0.1, -0.05) is 6.07 Å². The van der Waals surface area contributed by atoms with Crippen molar-refractivity contribution >= 4 is 16.0 Å². The number of carboxylic acid groups (broad SMARTS) is 1. The number of hydrogen-bond donors (Lipinski definition) is 2. The molecule has 1 unspecified atom stereocenters. The lowest BCUT2D eigenvalue weighted by Crippen LogP contribution is -2.36. The molecule has 0 spiro atoms. The van der Waals surface area contributed by atoms with Crippen LogP contribution in [0.3, 0.4) is 0 Å². The Kier molecular flexibility index (Phi) is 5.24. The summed E-state index contributed by atoms with van der Waals surface area (Å²) in [4.78, 5) is 14.5. The molecule has 0 fully saturated rings. The van der Waals surface area contributed by atoms with Gasteiger partial charge in [0, 0.05) is 24.4 Å². The van der Waals surface area contributed by atoms with Gasteiger partial charge in [0.15, 0.2) is 0 Å². The molecule has 1 atom stereocenters. The molecule has 0 radical (unpaired) electrons. The van der Waals surface area contributed by atoms with E-state index >= 15 is 0 Å². The zero-order valence-electron chi connectivity index (χ0n) is 10.0. The predicted molar refractivity (Wildman–Crippen MR) is 66.6 cm³/mol. The normalized spacial score (nSPS) is 13.2. The lowest BCUT2D eigenvalue weighted by atomic mass is 10.3. The Morgan fingerprint density at radius 3 is 2.78 bits per heavy atom. The second-order valence-electron chi connectivity index (χ2n) is 4.01. The maximum Gasteiger partial charge on any atom is 0.304 e. The molecule has 18 heavy (non-hydrogen) atoms. The zero-order chi connectivity index (χ0) is 13.6. The highest BCUT2D eigenvalue weighted by Crippen LogP contribution is 2.00. The largest absolute Gasteiger partial charge is 0.481 e. The first kappa shape index (κ1) is 14.6. The van der Waals surface area contributed by atoms with E-state index in [1.165, 1.54) is 6.92 Å². The molecule has 1 rings (SSSR count). The van der Waals surface area contributed by atoms with Crippen LogP contribution < -0.4 is 4.72 Å². The third-order valence-corrected chi connectivity index (χ3v) is 3.72. The number of rotatable bonds is 7. The summed E-state index contributed by atoms with van der Waals surface area (Å²) in [6.45, 7) is 1.52. The monoisotopic (exact) mass is 272 g/mol. The fourth-order valence-electron chi connectivity index (χ4n) is 1.45.